The maximum Gasteiger partial charge on any atom is 0.345 e. The van der Waals surface area contributed by atoms with Gasteiger partial charge in [0.25, 0.3) is 0 Å². The van der Waals surface area contributed by atoms with E-state index < -0.39 is 12.1 Å². The molecule has 0 aromatic heterocycles. The van der Waals surface area contributed by atoms with Crippen molar-refractivity contribution in [2.75, 3.05) is 0 Å². The monoisotopic (exact) mass is 298 g/mol. The van der Waals surface area contributed by atoms with Crippen LogP contribution in [0.2, 0.25) is 0 Å². The highest BCUT2D eigenvalue weighted by atomic mass is 16.5. The summed E-state index contributed by atoms with van der Waals surface area (Å²) in [6.07, 6.45) is 0.447. The summed E-state index contributed by atoms with van der Waals surface area (Å²) in [4.78, 5) is 11.5. The van der Waals surface area contributed by atoms with Crippen LogP contribution in [0.25, 0.3) is 0 Å². The molecule has 2 rings (SSSR count). The van der Waals surface area contributed by atoms with Gasteiger partial charge in [-0.3, -0.25) is 0 Å². The molecule has 0 fully saturated rings. The van der Waals surface area contributed by atoms with Crippen LogP contribution in [0.1, 0.15) is 29.2 Å². The molecule has 0 aliphatic rings. The number of aryl methyl sites for hydroxylation is 3. The fraction of sp³-hybridized carbons (Fsp3) is 0.316. The van der Waals surface area contributed by atoms with Crippen LogP contribution >= 0.6 is 0 Å². The molecule has 1 atom stereocenters. The normalized spacial score (nSPS) is 12.0. The third-order valence-corrected chi connectivity index (χ3v) is 3.88. The lowest BCUT2D eigenvalue weighted by molar-refractivity contribution is -0.145. The van der Waals surface area contributed by atoms with Crippen LogP contribution in [-0.4, -0.2) is 17.2 Å². The maximum absolute atomic E-state index is 11.5. The van der Waals surface area contributed by atoms with Crippen molar-refractivity contribution < 1.29 is 14.6 Å². The van der Waals surface area contributed by atoms with E-state index in [1.165, 1.54) is 5.56 Å². The number of carboxylic acids is 1. The molecular formula is C19H22O3. The van der Waals surface area contributed by atoms with Gasteiger partial charge in [0.2, 0.25) is 0 Å². The number of carboxylic acid groups (broad SMARTS) is 1. The second kappa shape index (κ2) is 7.12. The van der Waals surface area contributed by atoms with E-state index in [0.717, 1.165) is 23.1 Å². The first-order valence-corrected chi connectivity index (χ1v) is 7.54. The third-order valence-electron chi connectivity index (χ3n) is 3.88. The van der Waals surface area contributed by atoms with Gasteiger partial charge in [-0.25, -0.2) is 4.79 Å². The smallest absolute Gasteiger partial charge is 0.345 e. The number of ether oxygens (including phenoxy) is 1. The van der Waals surface area contributed by atoms with Crippen LogP contribution in [0.15, 0.2) is 42.5 Å². The Hall–Kier alpha value is -2.29. The van der Waals surface area contributed by atoms with E-state index in [-0.39, 0.29) is 0 Å². The molecule has 0 spiro atoms. The average Bonchev–Trinajstić information content (AvgIpc) is 2.51. The first-order chi connectivity index (χ1) is 10.5. The Morgan fingerprint density at radius 3 is 2.23 bits per heavy atom. The molecule has 116 valence electrons. The van der Waals surface area contributed by atoms with Crippen LogP contribution in [0, 0.1) is 13.8 Å². The van der Waals surface area contributed by atoms with Crippen molar-refractivity contribution in [2.24, 2.45) is 0 Å². The summed E-state index contributed by atoms with van der Waals surface area (Å²) in [7, 11) is 0. The molecule has 0 unspecified atom stereocenters. The molecule has 3 heteroatoms. The standard InChI is InChI=1S/C19H22O3/c1-4-15-6-8-16(9-7-15)12-18(19(20)21)22-17-10-5-13(2)14(3)11-17/h5-11,18H,4,12H2,1-3H3,(H,20,21)/t18-/m0/s1. The fourth-order valence-corrected chi connectivity index (χ4v) is 2.26. The Morgan fingerprint density at radius 1 is 1.05 bits per heavy atom. The molecule has 0 amide bonds. The molecule has 0 saturated heterocycles. The summed E-state index contributed by atoms with van der Waals surface area (Å²) < 4.78 is 5.67. The Morgan fingerprint density at radius 2 is 1.68 bits per heavy atom. The van der Waals surface area contributed by atoms with E-state index in [9.17, 15) is 9.90 Å². The molecule has 22 heavy (non-hydrogen) atoms. The lowest BCUT2D eigenvalue weighted by atomic mass is 10.0. The van der Waals surface area contributed by atoms with Gasteiger partial charge in [-0.2, -0.15) is 0 Å². The SMILES string of the molecule is CCc1ccc(C[C@H](Oc2ccc(C)c(C)c2)C(=O)O)cc1. The molecule has 0 saturated carbocycles. The second-order valence-corrected chi connectivity index (χ2v) is 5.56. The van der Waals surface area contributed by atoms with Crippen LogP contribution in [0.3, 0.4) is 0 Å². The topological polar surface area (TPSA) is 46.5 Å². The molecule has 0 aliphatic heterocycles. The Balaban J connectivity index is 2.12. The predicted molar refractivity (Wildman–Crippen MR) is 87.5 cm³/mol. The van der Waals surface area contributed by atoms with Crippen molar-refractivity contribution in [1.29, 1.82) is 0 Å². The minimum Gasteiger partial charge on any atom is -0.478 e. The van der Waals surface area contributed by atoms with Gasteiger partial charge in [-0.15, -0.1) is 0 Å². The summed E-state index contributed by atoms with van der Waals surface area (Å²) in [6.45, 7) is 6.10. The third kappa shape index (κ3) is 4.10. The van der Waals surface area contributed by atoms with E-state index in [2.05, 4.69) is 6.92 Å². The zero-order valence-corrected chi connectivity index (χ0v) is 13.3. The van der Waals surface area contributed by atoms with Crippen LogP contribution in [0.4, 0.5) is 0 Å². The summed E-state index contributed by atoms with van der Waals surface area (Å²) >= 11 is 0. The zero-order valence-electron chi connectivity index (χ0n) is 13.3. The molecule has 0 bridgehead atoms. The van der Waals surface area contributed by atoms with Gasteiger partial charge in [-0.1, -0.05) is 37.3 Å². The zero-order chi connectivity index (χ0) is 16.1. The highest BCUT2D eigenvalue weighted by Crippen LogP contribution is 2.19. The Bertz CT molecular complexity index is 644. The Labute approximate surface area is 131 Å². The quantitative estimate of drug-likeness (QED) is 0.878. The van der Waals surface area contributed by atoms with Gasteiger partial charge in [0, 0.05) is 6.42 Å². The van der Waals surface area contributed by atoms with Crippen LogP contribution in [0.5, 0.6) is 5.75 Å². The molecule has 0 heterocycles. The van der Waals surface area contributed by atoms with E-state index >= 15 is 0 Å². The molecule has 2 aromatic rings. The van der Waals surface area contributed by atoms with Crippen molar-refractivity contribution >= 4 is 5.97 Å². The summed E-state index contributed by atoms with van der Waals surface area (Å²) in [5, 5.41) is 9.40. The lowest BCUT2D eigenvalue weighted by Gasteiger charge is -2.16. The number of rotatable bonds is 6. The largest absolute Gasteiger partial charge is 0.478 e. The maximum atomic E-state index is 11.5. The first-order valence-electron chi connectivity index (χ1n) is 7.54. The van der Waals surface area contributed by atoms with Crippen LogP contribution < -0.4 is 4.74 Å². The van der Waals surface area contributed by atoms with Crippen molar-refractivity contribution in [3.8, 4) is 5.75 Å². The summed E-state index contributed by atoms with van der Waals surface area (Å²) in [6, 6.07) is 13.6. The van der Waals surface area contributed by atoms with Crippen molar-refractivity contribution in [2.45, 2.75) is 39.7 Å². The highest BCUT2D eigenvalue weighted by molar-refractivity contribution is 5.73. The van der Waals surface area contributed by atoms with Gasteiger partial charge in [0.15, 0.2) is 6.10 Å². The van der Waals surface area contributed by atoms with Gasteiger partial charge < -0.3 is 9.84 Å². The van der Waals surface area contributed by atoms with Crippen molar-refractivity contribution in [1.82, 2.24) is 0 Å². The van der Waals surface area contributed by atoms with Gasteiger partial charge in [0.1, 0.15) is 5.75 Å². The second-order valence-electron chi connectivity index (χ2n) is 5.56. The minimum absolute atomic E-state index is 0.353. The lowest BCUT2D eigenvalue weighted by Crippen LogP contribution is -2.29. The van der Waals surface area contributed by atoms with Crippen LogP contribution in [-0.2, 0) is 17.6 Å². The minimum atomic E-state index is -0.946. The predicted octanol–water partition coefficient (Wildman–Crippen LogP) is 3.94. The molecule has 0 radical (unpaired) electrons. The average molecular weight is 298 g/mol. The van der Waals surface area contributed by atoms with Crippen molar-refractivity contribution in [3.63, 3.8) is 0 Å². The fourth-order valence-electron chi connectivity index (χ4n) is 2.26. The number of benzene rings is 2. The van der Waals surface area contributed by atoms with E-state index in [4.69, 9.17) is 4.74 Å². The van der Waals surface area contributed by atoms with E-state index in [1.807, 2.05) is 56.3 Å². The number of aliphatic carboxylic acids is 1. The number of hydrogen-bond acceptors (Lipinski definition) is 2. The summed E-state index contributed by atoms with van der Waals surface area (Å²) in [5.74, 6) is -0.349. The van der Waals surface area contributed by atoms with Crippen molar-refractivity contribution in [3.05, 3.63) is 64.7 Å². The Kier molecular flexibility index (Phi) is 5.21. The number of carbonyl (C=O) groups is 1. The van der Waals surface area contributed by atoms with Gasteiger partial charge in [0.05, 0.1) is 0 Å². The van der Waals surface area contributed by atoms with E-state index in [1.54, 1.807) is 0 Å². The van der Waals surface area contributed by atoms with Gasteiger partial charge in [-0.05, 0) is 54.7 Å². The number of hydrogen-bond donors (Lipinski definition) is 1. The first kappa shape index (κ1) is 16.1. The molecular weight excluding hydrogens is 276 g/mol. The van der Waals surface area contributed by atoms with E-state index in [0.29, 0.717) is 12.2 Å². The summed E-state index contributed by atoms with van der Waals surface area (Å²) in [5.41, 5.74) is 4.46. The molecule has 2 aromatic carbocycles. The molecule has 3 nitrogen and oxygen atoms in total. The molecule has 1 N–H and O–H groups in total. The molecule has 0 aliphatic carbocycles. The highest BCUT2D eigenvalue weighted by Gasteiger charge is 2.20. The van der Waals surface area contributed by atoms with Gasteiger partial charge >= 0.3 is 5.97 Å².